The van der Waals surface area contributed by atoms with E-state index in [1.165, 1.54) is 18.2 Å². The van der Waals surface area contributed by atoms with Gasteiger partial charge in [-0.05, 0) is 33.1 Å². The number of ether oxygens (including phenoxy) is 1. The van der Waals surface area contributed by atoms with Crippen LogP contribution in [0.1, 0.15) is 71.2 Å². The van der Waals surface area contributed by atoms with Crippen LogP contribution in [0.2, 0.25) is 0 Å². The number of carbonyl (C=O) groups excluding carboxylic acids is 3. The van der Waals surface area contributed by atoms with E-state index in [1.807, 2.05) is 18.4 Å². The molecule has 1 aliphatic carbocycles. The van der Waals surface area contributed by atoms with Crippen molar-refractivity contribution in [2.75, 3.05) is 12.4 Å². The van der Waals surface area contributed by atoms with Gasteiger partial charge in [0.05, 0.1) is 12.4 Å². The molecule has 1 aliphatic rings. The molecule has 1 fully saturated rings. The van der Waals surface area contributed by atoms with Crippen LogP contribution in [0.15, 0.2) is 5.16 Å². The number of aromatic nitrogens is 3. The first-order valence-electron chi connectivity index (χ1n) is 10.3. The summed E-state index contributed by atoms with van der Waals surface area (Å²) >= 11 is 1.22. The predicted molar refractivity (Wildman–Crippen MR) is 110 cm³/mol. The van der Waals surface area contributed by atoms with Crippen molar-refractivity contribution in [3.63, 3.8) is 0 Å². The molecule has 0 saturated heterocycles. The van der Waals surface area contributed by atoms with Crippen LogP contribution in [0.4, 0.5) is 4.79 Å². The molecule has 1 aromatic heterocycles. The first-order chi connectivity index (χ1) is 13.9. The predicted octanol–water partition coefficient (Wildman–Crippen LogP) is 2.61. The summed E-state index contributed by atoms with van der Waals surface area (Å²) in [7, 11) is 0. The topological polar surface area (TPSA) is 115 Å². The summed E-state index contributed by atoms with van der Waals surface area (Å²) in [4.78, 5) is 35.9. The molecule has 0 bridgehead atoms. The second kappa shape index (κ2) is 11.8. The van der Waals surface area contributed by atoms with E-state index < -0.39 is 11.9 Å². The van der Waals surface area contributed by atoms with Gasteiger partial charge in [0.1, 0.15) is 12.2 Å². The van der Waals surface area contributed by atoms with Crippen LogP contribution in [0.25, 0.3) is 0 Å². The fraction of sp³-hybridized carbons (Fsp3) is 0.737. The number of esters is 1. The molecule has 3 amide bonds. The van der Waals surface area contributed by atoms with Crippen LogP contribution in [0, 0.1) is 0 Å². The van der Waals surface area contributed by atoms with E-state index in [4.69, 9.17) is 4.74 Å². The van der Waals surface area contributed by atoms with Crippen molar-refractivity contribution in [2.24, 2.45) is 0 Å². The minimum absolute atomic E-state index is 0.00436. The van der Waals surface area contributed by atoms with Gasteiger partial charge in [-0.3, -0.25) is 14.9 Å². The number of urea groups is 1. The lowest BCUT2D eigenvalue weighted by atomic mass is 9.95. The number of rotatable bonds is 9. The summed E-state index contributed by atoms with van der Waals surface area (Å²) in [6, 6.07) is -0.292. The highest BCUT2D eigenvalue weighted by Crippen LogP contribution is 2.32. The smallest absolute Gasteiger partial charge is 0.321 e. The van der Waals surface area contributed by atoms with Gasteiger partial charge in [0.25, 0.3) is 0 Å². The van der Waals surface area contributed by atoms with E-state index in [2.05, 4.69) is 20.8 Å². The van der Waals surface area contributed by atoms with Crippen LogP contribution in [0.5, 0.6) is 0 Å². The number of amides is 3. The minimum atomic E-state index is -0.498. The molecular weight excluding hydrogens is 394 g/mol. The maximum Gasteiger partial charge on any atom is 0.321 e. The highest BCUT2D eigenvalue weighted by atomic mass is 32.2. The molecule has 2 N–H and O–H groups in total. The molecule has 1 saturated carbocycles. The second-order valence-corrected chi connectivity index (χ2v) is 8.10. The summed E-state index contributed by atoms with van der Waals surface area (Å²) in [5.74, 6) is -0.139. The van der Waals surface area contributed by atoms with Crippen LogP contribution < -0.4 is 10.6 Å². The van der Waals surface area contributed by atoms with E-state index in [1.54, 1.807) is 6.92 Å². The average molecular weight is 426 g/mol. The summed E-state index contributed by atoms with van der Waals surface area (Å²) in [6.45, 7) is 5.91. The maximum absolute atomic E-state index is 12.1. The molecule has 2 rings (SSSR count). The van der Waals surface area contributed by atoms with Crippen LogP contribution >= 0.6 is 11.8 Å². The highest BCUT2D eigenvalue weighted by molar-refractivity contribution is 7.99. The summed E-state index contributed by atoms with van der Waals surface area (Å²) in [6.07, 6.45) is 6.24. The van der Waals surface area contributed by atoms with E-state index >= 15 is 0 Å². The Morgan fingerprint density at radius 2 is 1.93 bits per heavy atom. The fourth-order valence-electron chi connectivity index (χ4n) is 3.23. The second-order valence-electron chi connectivity index (χ2n) is 7.16. The van der Waals surface area contributed by atoms with E-state index in [9.17, 15) is 14.4 Å². The molecular formula is C19H31N5O4S. The van der Waals surface area contributed by atoms with Crippen molar-refractivity contribution < 1.29 is 19.1 Å². The van der Waals surface area contributed by atoms with Gasteiger partial charge in [-0.15, -0.1) is 10.2 Å². The molecule has 0 unspecified atom stereocenters. The Balaban J connectivity index is 2.03. The molecule has 0 aliphatic heterocycles. The molecule has 0 aromatic carbocycles. The highest BCUT2D eigenvalue weighted by Gasteiger charge is 2.25. The molecule has 162 valence electrons. The van der Waals surface area contributed by atoms with Gasteiger partial charge in [0, 0.05) is 12.1 Å². The van der Waals surface area contributed by atoms with E-state index in [0.29, 0.717) is 17.6 Å². The Morgan fingerprint density at radius 3 is 2.59 bits per heavy atom. The maximum atomic E-state index is 12.1. The SMILES string of the molecule is CCOC(=O)Cc1nnc(SCC(=O)NC(=O)N[C@H](C)CC)n1C1CCCCC1. The van der Waals surface area contributed by atoms with Gasteiger partial charge in [-0.2, -0.15) is 0 Å². The Kier molecular flexibility index (Phi) is 9.43. The van der Waals surface area contributed by atoms with Crippen molar-refractivity contribution in [2.45, 2.75) is 83.0 Å². The molecule has 10 heteroatoms. The molecule has 0 spiro atoms. The third-order valence-corrected chi connectivity index (χ3v) is 5.80. The number of carbonyl (C=O) groups is 3. The monoisotopic (exact) mass is 425 g/mol. The molecule has 1 atom stereocenters. The van der Waals surface area contributed by atoms with Gasteiger partial charge in [0.15, 0.2) is 5.16 Å². The minimum Gasteiger partial charge on any atom is -0.466 e. The zero-order chi connectivity index (χ0) is 21.2. The number of hydrogen-bond donors (Lipinski definition) is 2. The van der Waals surface area contributed by atoms with Crippen molar-refractivity contribution >= 4 is 29.7 Å². The van der Waals surface area contributed by atoms with Crippen LogP contribution in [-0.4, -0.2) is 51.1 Å². The van der Waals surface area contributed by atoms with Gasteiger partial charge < -0.3 is 14.6 Å². The quantitative estimate of drug-likeness (QED) is 0.461. The zero-order valence-corrected chi connectivity index (χ0v) is 18.2. The van der Waals surface area contributed by atoms with Crippen molar-refractivity contribution in [3.05, 3.63) is 5.82 Å². The third kappa shape index (κ3) is 7.34. The van der Waals surface area contributed by atoms with Crippen molar-refractivity contribution in [1.29, 1.82) is 0 Å². The van der Waals surface area contributed by atoms with E-state index in [0.717, 1.165) is 32.1 Å². The standard InChI is InChI=1S/C19H31N5O4S/c1-4-13(3)20-18(27)21-16(25)12-29-19-23-22-15(11-17(26)28-5-2)24(19)14-9-7-6-8-10-14/h13-14H,4-12H2,1-3H3,(H2,20,21,25,27)/t13-/m1/s1. The van der Waals surface area contributed by atoms with Gasteiger partial charge >= 0.3 is 12.0 Å². The van der Waals surface area contributed by atoms with Crippen molar-refractivity contribution in [3.8, 4) is 0 Å². The Bertz CT molecular complexity index is 703. The lowest BCUT2D eigenvalue weighted by Crippen LogP contribution is -2.43. The number of hydrogen-bond acceptors (Lipinski definition) is 7. The number of nitrogens with one attached hydrogen (secondary N) is 2. The zero-order valence-electron chi connectivity index (χ0n) is 17.4. The summed E-state index contributed by atoms with van der Waals surface area (Å²) in [5.41, 5.74) is 0. The average Bonchev–Trinajstić information content (AvgIpc) is 3.09. The fourth-order valence-corrected chi connectivity index (χ4v) is 4.05. The molecule has 9 nitrogen and oxygen atoms in total. The number of thioether (sulfide) groups is 1. The van der Waals surface area contributed by atoms with Crippen LogP contribution in [0.3, 0.4) is 0 Å². The first-order valence-corrected chi connectivity index (χ1v) is 11.3. The molecule has 29 heavy (non-hydrogen) atoms. The number of nitrogens with zero attached hydrogens (tertiary/aromatic N) is 3. The molecule has 1 aromatic rings. The van der Waals surface area contributed by atoms with Gasteiger partial charge in [0.2, 0.25) is 5.91 Å². The Hall–Kier alpha value is -2.10. The van der Waals surface area contributed by atoms with E-state index in [-0.39, 0.29) is 30.2 Å². The third-order valence-electron chi connectivity index (χ3n) is 4.86. The Labute approximate surface area is 175 Å². The number of imide groups is 1. The normalized spacial score (nSPS) is 15.6. The molecule has 0 radical (unpaired) electrons. The first kappa shape index (κ1) is 23.2. The lowest BCUT2D eigenvalue weighted by Gasteiger charge is -2.25. The summed E-state index contributed by atoms with van der Waals surface area (Å²) in [5, 5.41) is 14.0. The lowest BCUT2D eigenvalue weighted by molar-refractivity contribution is -0.142. The summed E-state index contributed by atoms with van der Waals surface area (Å²) < 4.78 is 7.02. The largest absolute Gasteiger partial charge is 0.466 e. The van der Waals surface area contributed by atoms with Crippen molar-refractivity contribution in [1.82, 2.24) is 25.4 Å². The van der Waals surface area contributed by atoms with Crippen LogP contribution in [-0.2, 0) is 20.7 Å². The van der Waals surface area contributed by atoms with Gasteiger partial charge in [-0.1, -0.05) is 37.9 Å². The van der Waals surface area contributed by atoms with Gasteiger partial charge in [-0.25, -0.2) is 4.79 Å². The molecule has 1 heterocycles. The Morgan fingerprint density at radius 1 is 1.21 bits per heavy atom.